The second kappa shape index (κ2) is 8.51. The molecular formula is C18H27N5O4. The zero-order valence-corrected chi connectivity index (χ0v) is 16.0. The molecule has 0 spiro atoms. The Hall–Kier alpha value is -2.42. The molecule has 0 unspecified atom stereocenters. The van der Waals surface area contributed by atoms with E-state index in [0.717, 1.165) is 12.8 Å². The Morgan fingerprint density at radius 2 is 1.96 bits per heavy atom. The lowest BCUT2D eigenvalue weighted by atomic mass is 9.96. The van der Waals surface area contributed by atoms with Crippen LogP contribution in [-0.2, 0) is 20.9 Å². The van der Waals surface area contributed by atoms with E-state index in [2.05, 4.69) is 5.10 Å². The van der Waals surface area contributed by atoms with Crippen LogP contribution in [0.5, 0.6) is 0 Å². The van der Waals surface area contributed by atoms with Crippen molar-refractivity contribution in [2.45, 2.75) is 19.4 Å². The van der Waals surface area contributed by atoms with E-state index in [0.29, 0.717) is 45.1 Å². The topological polar surface area (TPSA) is 88.0 Å². The number of amides is 2. The number of carbonyl (C=O) groups is 2. The molecule has 3 heterocycles. The molecule has 3 rings (SSSR count). The number of hydrogen-bond acceptors (Lipinski definition) is 6. The largest absolute Gasteiger partial charge is 0.378 e. The number of nitrogens with zero attached hydrogens (tertiary/aromatic N) is 5. The minimum absolute atomic E-state index is 0.0985. The smallest absolute Gasteiger partial charge is 0.269 e. The standard InChI is InChI=1S/C18H27N5O4/c1-20(2)15-10-16(24)23(19-11-15)13-17(25)22-5-3-4-14(12-22)18(26)21-6-8-27-9-7-21/h10-11,14H,3-9,12-13H2,1-2H3/t14-/m1/s1. The Bertz CT molecular complexity index is 742. The lowest BCUT2D eigenvalue weighted by molar-refractivity contribution is -0.144. The monoisotopic (exact) mass is 377 g/mol. The molecule has 1 aromatic rings. The molecule has 2 amide bonds. The van der Waals surface area contributed by atoms with Crippen molar-refractivity contribution in [1.29, 1.82) is 0 Å². The minimum Gasteiger partial charge on any atom is -0.378 e. The molecule has 0 aromatic carbocycles. The molecule has 0 aliphatic carbocycles. The molecule has 9 heteroatoms. The first-order chi connectivity index (χ1) is 13.0. The third-order valence-corrected chi connectivity index (χ3v) is 5.10. The van der Waals surface area contributed by atoms with Crippen LogP contribution in [0.4, 0.5) is 5.69 Å². The number of morpholine rings is 1. The summed E-state index contributed by atoms with van der Waals surface area (Å²) in [5.41, 5.74) is 0.380. The van der Waals surface area contributed by atoms with Crippen molar-refractivity contribution < 1.29 is 14.3 Å². The van der Waals surface area contributed by atoms with Crippen molar-refractivity contribution in [3.8, 4) is 0 Å². The Labute approximate surface area is 158 Å². The van der Waals surface area contributed by atoms with Crippen molar-refractivity contribution in [3.63, 3.8) is 0 Å². The van der Waals surface area contributed by atoms with Gasteiger partial charge in [-0.05, 0) is 12.8 Å². The van der Waals surface area contributed by atoms with Crippen LogP contribution < -0.4 is 10.5 Å². The van der Waals surface area contributed by atoms with Crippen molar-refractivity contribution in [2.24, 2.45) is 5.92 Å². The number of aromatic nitrogens is 2. The molecule has 2 aliphatic heterocycles. The number of piperidine rings is 1. The molecule has 1 aromatic heterocycles. The number of rotatable bonds is 4. The molecule has 0 N–H and O–H groups in total. The Morgan fingerprint density at radius 1 is 1.22 bits per heavy atom. The van der Waals surface area contributed by atoms with Crippen LogP contribution in [0.25, 0.3) is 0 Å². The van der Waals surface area contributed by atoms with Gasteiger partial charge in [0.25, 0.3) is 5.56 Å². The highest BCUT2D eigenvalue weighted by molar-refractivity contribution is 5.81. The highest BCUT2D eigenvalue weighted by Gasteiger charge is 2.32. The third-order valence-electron chi connectivity index (χ3n) is 5.10. The molecule has 1 atom stereocenters. The molecular weight excluding hydrogens is 350 g/mol. The van der Waals surface area contributed by atoms with Crippen molar-refractivity contribution in [2.75, 3.05) is 58.4 Å². The Kier molecular flexibility index (Phi) is 6.10. The van der Waals surface area contributed by atoms with E-state index >= 15 is 0 Å². The third kappa shape index (κ3) is 4.65. The summed E-state index contributed by atoms with van der Waals surface area (Å²) < 4.78 is 6.47. The number of ether oxygens (including phenoxy) is 1. The van der Waals surface area contributed by atoms with E-state index in [1.54, 1.807) is 16.0 Å². The van der Waals surface area contributed by atoms with E-state index in [9.17, 15) is 14.4 Å². The highest BCUT2D eigenvalue weighted by atomic mass is 16.5. The molecule has 0 saturated carbocycles. The van der Waals surface area contributed by atoms with E-state index in [1.165, 1.54) is 10.7 Å². The Balaban J connectivity index is 1.61. The zero-order valence-electron chi connectivity index (χ0n) is 16.0. The van der Waals surface area contributed by atoms with Gasteiger partial charge >= 0.3 is 0 Å². The summed E-state index contributed by atoms with van der Waals surface area (Å²) in [6, 6.07) is 1.46. The van der Waals surface area contributed by atoms with Crippen molar-refractivity contribution in [1.82, 2.24) is 19.6 Å². The SMILES string of the molecule is CN(C)c1cnn(CC(=O)N2CCC[C@@H](C(=O)N3CCOCC3)C2)c(=O)c1. The molecule has 0 radical (unpaired) electrons. The number of anilines is 1. The second-order valence-electron chi connectivity index (χ2n) is 7.22. The van der Waals surface area contributed by atoms with E-state index < -0.39 is 0 Å². The van der Waals surface area contributed by atoms with Gasteiger partial charge in [0.2, 0.25) is 11.8 Å². The fraction of sp³-hybridized carbons (Fsp3) is 0.667. The minimum atomic E-state index is -0.312. The lowest BCUT2D eigenvalue weighted by Crippen LogP contribution is -2.50. The van der Waals surface area contributed by atoms with Gasteiger partial charge in [0.1, 0.15) is 6.54 Å². The van der Waals surface area contributed by atoms with Crippen LogP contribution in [0, 0.1) is 5.92 Å². The maximum Gasteiger partial charge on any atom is 0.269 e. The molecule has 27 heavy (non-hydrogen) atoms. The van der Waals surface area contributed by atoms with Gasteiger partial charge in [-0.2, -0.15) is 5.10 Å². The summed E-state index contributed by atoms with van der Waals surface area (Å²) in [4.78, 5) is 42.8. The molecule has 9 nitrogen and oxygen atoms in total. The fourth-order valence-corrected chi connectivity index (χ4v) is 3.46. The van der Waals surface area contributed by atoms with Crippen molar-refractivity contribution in [3.05, 3.63) is 22.6 Å². The summed E-state index contributed by atoms with van der Waals surface area (Å²) in [5, 5.41) is 4.09. The quantitative estimate of drug-likeness (QED) is 0.697. The van der Waals surface area contributed by atoms with Crippen LogP contribution in [0.2, 0.25) is 0 Å². The van der Waals surface area contributed by atoms with Gasteiger partial charge in [-0.25, -0.2) is 4.68 Å². The van der Waals surface area contributed by atoms with Gasteiger partial charge in [-0.15, -0.1) is 0 Å². The number of carbonyl (C=O) groups excluding carboxylic acids is 2. The van der Waals surface area contributed by atoms with E-state index in [1.807, 2.05) is 19.0 Å². The summed E-state index contributed by atoms with van der Waals surface area (Å²) in [7, 11) is 3.65. The predicted molar refractivity (Wildman–Crippen MR) is 99.5 cm³/mol. The molecule has 148 valence electrons. The van der Waals surface area contributed by atoms with Crippen molar-refractivity contribution >= 4 is 17.5 Å². The van der Waals surface area contributed by atoms with Gasteiger partial charge in [-0.1, -0.05) is 0 Å². The van der Waals surface area contributed by atoms with Gasteiger partial charge in [0, 0.05) is 46.3 Å². The number of hydrogen-bond donors (Lipinski definition) is 0. The molecule has 0 bridgehead atoms. The van der Waals surface area contributed by atoms with Crippen LogP contribution >= 0.6 is 0 Å². The second-order valence-corrected chi connectivity index (χ2v) is 7.22. The first-order valence-corrected chi connectivity index (χ1v) is 9.34. The van der Waals surface area contributed by atoms with E-state index in [-0.39, 0.29) is 29.8 Å². The van der Waals surface area contributed by atoms with Gasteiger partial charge < -0.3 is 19.4 Å². The molecule has 2 saturated heterocycles. The highest BCUT2D eigenvalue weighted by Crippen LogP contribution is 2.20. The maximum atomic E-state index is 12.7. The molecule has 2 fully saturated rings. The fourth-order valence-electron chi connectivity index (χ4n) is 3.46. The van der Waals surface area contributed by atoms with Gasteiger partial charge in [-0.3, -0.25) is 14.4 Å². The van der Waals surface area contributed by atoms with Crippen LogP contribution in [0.1, 0.15) is 12.8 Å². The maximum absolute atomic E-state index is 12.7. The normalized spacial score (nSPS) is 20.4. The van der Waals surface area contributed by atoms with Gasteiger partial charge in [0.05, 0.1) is 31.0 Å². The average molecular weight is 377 g/mol. The summed E-state index contributed by atoms with van der Waals surface area (Å²) >= 11 is 0. The summed E-state index contributed by atoms with van der Waals surface area (Å²) in [6.45, 7) is 3.26. The zero-order chi connectivity index (χ0) is 19.4. The first-order valence-electron chi connectivity index (χ1n) is 9.34. The van der Waals surface area contributed by atoms with Crippen LogP contribution in [0.3, 0.4) is 0 Å². The Morgan fingerprint density at radius 3 is 2.63 bits per heavy atom. The average Bonchev–Trinajstić information content (AvgIpc) is 2.69. The lowest BCUT2D eigenvalue weighted by Gasteiger charge is -2.36. The van der Waals surface area contributed by atoms with Crippen LogP contribution in [-0.4, -0.2) is 84.9 Å². The molecule has 2 aliphatic rings. The van der Waals surface area contributed by atoms with Gasteiger partial charge in [0.15, 0.2) is 0 Å². The van der Waals surface area contributed by atoms with E-state index in [4.69, 9.17) is 4.74 Å². The first kappa shape index (κ1) is 19.3. The predicted octanol–water partition coefficient (Wildman–Crippen LogP) is -0.593. The van der Waals surface area contributed by atoms with Crippen LogP contribution in [0.15, 0.2) is 17.1 Å². The number of likely N-dealkylation sites (tertiary alicyclic amines) is 1. The summed E-state index contributed by atoms with van der Waals surface area (Å²) in [5.74, 6) is -0.260. The summed E-state index contributed by atoms with van der Waals surface area (Å²) in [6.07, 6.45) is 3.14.